The molecule has 0 fully saturated rings. The quantitative estimate of drug-likeness (QED) is 0.0262. The normalized spacial score (nSPS) is 12.3. The summed E-state index contributed by atoms with van der Waals surface area (Å²) >= 11 is 0. The molecule has 0 bridgehead atoms. The Balaban J connectivity index is 4.20. The third-order valence-electron chi connectivity index (χ3n) is 12.6. The molecule has 0 N–H and O–H groups in total. The molecule has 6 heteroatoms. The van der Waals surface area contributed by atoms with Crippen molar-refractivity contribution in [2.45, 2.75) is 303 Å². The van der Waals surface area contributed by atoms with E-state index in [2.05, 4.69) is 69.4 Å². The predicted molar refractivity (Wildman–Crippen MR) is 284 cm³/mol. The van der Waals surface area contributed by atoms with Crippen LogP contribution in [0.1, 0.15) is 297 Å². The fourth-order valence-electron chi connectivity index (χ4n) is 8.32. The standard InChI is InChI=1S/C60H108O6/c1-4-7-10-13-16-19-21-23-25-27-28-29-30-31-32-34-35-37-39-41-44-47-50-53-59(62)65-56-57(55-64-58(61)52-49-46-43-18-15-12-9-6-3)66-60(63)54-51-48-45-42-40-38-36-33-26-24-22-20-17-14-11-8-5-2/h8,11,17,20,24,26,36,38,57H,4-7,9-10,12-16,18-19,21-23,25,27-35,37,39-56H2,1-3H3/b11-8-,20-17-,26-24-,38-36-. The highest BCUT2D eigenvalue weighted by molar-refractivity contribution is 5.71. The SMILES string of the molecule is CC/C=C\C/C=C\C/C=C\C/C=C\CCCCCCC(=O)OC(COC(=O)CCCCCCCCCC)COC(=O)CCCCCCCCCCCCCCCCCCCCCCCCC. The largest absolute Gasteiger partial charge is 0.462 e. The lowest BCUT2D eigenvalue weighted by Gasteiger charge is -2.18. The molecule has 0 radical (unpaired) electrons. The van der Waals surface area contributed by atoms with Gasteiger partial charge in [0.25, 0.3) is 0 Å². The van der Waals surface area contributed by atoms with E-state index in [1.54, 1.807) is 0 Å². The monoisotopic (exact) mass is 925 g/mol. The van der Waals surface area contributed by atoms with Crippen molar-refractivity contribution < 1.29 is 28.6 Å². The molecule has 1 unspecified atom stereocenters. The van der Waals surface area contributed by atoms with Crippen molar-refractivity contribution >= 4 is 17.9 Å². The molecule has 0 rings (SSSR count). The molecule has 0 aromatic heterocycles. The van der Waals surface area contributed by atoms with E-state index in [0.717, 1.165) is 96.3 Å². The van der Waals surface area contributed by atoms with Gasteiger partial charge in [-0.25, -0.2) is 0 Å². The number of hydrogen-bond donors (Lipinski definition) is 0. The van der Waals surface area contributed by atoms with E-state index >= 15 is 0 Å². The molecule has 0 aromatic carbocycles. The van der Waals surface area contributed by atoms with Gasteiger partial charge in [-0.3, -0.25) is 14.4 Å². The predicted octanol–water partition coefficient (Wildman–Crippen LogP) is 19.0. The minimum Gasteiger partial charge on any atom is -0.462 e. The van der Waals surface area contributed by atoms with Crippen LogP contribution in [0, 0.1) is 0 Å². The summed E-state index contributed by atoms with van der Waals surface area (Å²) in [6.07, 6.45) is 67.0. The Kier molecular flexibility index (Phi) is 52.8. The van der Waals surface area contributed by atoms with Gasteiger partial charge in [-0.1, -0.05) is 268 Å². The number of esters is 3. The zero-order chi connectivity index (χ0) is 47.9. The number of rotatable bonds is 52. The number of allylic oxidation sites excluding steroid dienone is 8. The van der Waals surface area contributed by atoms with Crippen molar-refractivity contribution in [3.63, 3.8) is 0 Å². The van der Waals surface area contributed by atoms with Gasteiger partial charge in [-0.2, -0.15) is 0 Å². The van der Waals surface area contributed by atoms with Crippen molar-refractivity contribution in [1.82, 2.24) is 0 Å². The van der Waals surface area contributed by atoms with Crippen LogP contribution in [0.2, 0.25) is 0 Å². The van der Waals surface area contributed by atoms with Gasteiger partial charge in [0.05, 0.1) is 0 Å². The van der Waals surface area contributed by atoms with Gasteiger partial charge < -0.3 is 14.2 Å². The third-order valence-corrected chi connectivity index (χ3v) is 12.6. The summed E-state index contributed by atoms with van der Waals surface area (Å²) in [7, 11) is 0. The molecule has 0 saturated heterocycles. The summed E-state index contributed by atoms with van der Waals surface area (Å²) in [6.45, 7) is 6.51. The van der Waals surface area contributed by atoms with Gasteiger partial charge in [-0.05, 0) is 57.8 Å². The molecule has 6 nitrogen and oxygen atoms in total. The highest BCUT2D eigenvalue weighted by Gasteiger charge is 2.19. The Morgan fingerprint density at radius 2 is 0.591 bits per heavy atom. The molecular weight excluding hydrogens is 817 g/mol. The van der Waals surface area contributed by atoms with E-state index in [9.17, 15) is 14.4 Å². The maximum Gasteiger partial charge on any atom is 0.306 e. The zero-order valence-electron chi connectivity index (χ0n) is 44.0. The number of hydrogen-bond acceptors (Lipinski definition) is 6. The Morgan fingerprint density at radius 1 is 0.318 bits per heavy atom. The van der Waals surface area contributed by atoms with E-state index in [-0.39, 0.29) is 31.1 Å². The van der Waals surface area contributed by atoms with Crippen LogP contribution in [0.25, 0.3) is 0 Å². The summed E-state index contributed by atoms with van der Waals surface area (Å²) in [5.74, 6) is -0.895. The molecule has 384 valence electrons. The molecule has 0 aliphatic heterocycles. The Labute approximate surface area is 409 Å². The second kappa shape index (κ2) is 55.0. The molecule has 0 heterocycles. The number of carbonyl (C=O) groups is 3. The molecule has 66 heavy (non-hydrogen) atoms. The van der Waals surface area contributed by atoms with E-state index in [0.29, 0.717) is 19.3 Å². The molecule has 1 atom stereocenters. The maximum atomic E-state index is 12.8. The van der Waals surface area contributed by atoms with Crippen LogP contribution in [0.3, 0.4) is 0 Å². The lowest BCUT2D eigenvalue weighted by atomic mass is 10.0. The number of unbranched alkanes of at least 4 members (excludes halogenated alkanes) is 33. The minimum atomic E-state index is -0.781. The fourth-order valence-corrected chi connectivity index (χ4v) is 8.32. The number of carbonyl (C=O) groups excluding carboxylic acids is 3. The van der Waals surface area contributed by atoms with E-state index in [1.165, 1.54) is 161 Å². The second-order valence-electron chi connectivity index (χ2n) is 19.2. The Hall–Kier alpha value is -2.63. The molecular formula is C60H108O6. The summed E-state index contributed by atoms with van der Waals surface area (Å²) < 4.78 is 16.8. The molecule has 0 aliphatic carbocycles. The average Bonchev–Trinajstić information content (AvgIpc) is 3.31. The summed E-state index contributed by atoms with van der Waals surface area (Å²) in [4.78, 5) is 38.0. The van der Waals surface area contributed by atoms with Crippen molar-refractivity contribution in [3.05, 3.63) is 48.6 Å². The van der Waals surface area contributed by atoms with Crippen molar-refractivity contribution in [1.29, 1.82) is 0 Å². The maximum absolute atomic E-state index is 12.8. The van der Waals surface area contributed by atoms with Crippen LogP contribution in [0.5, 0.6) is 0 Å². The van der Waals surface area contributed by atoms with Crippen molar-refractivity contribution in [2.24, 2.45) is 0 Å². The van der Waals surface area contributed by atoms with Gasteiger partial charge >= 0.3 is 17.9 Å². The summed E-state index contributed by atoms with van der Waals surface area (Å²) in [5.41, 5.74) is 0. The van der Waals surface area contributed by atoms with Crippen LogP contribution in [0.15, 0.2) is 48.6 Å². The van der Waals surface area contributed by atoms with Crippen LogP contribution in [-0.2, 0) is 28.6 Å². The first kappa shape index (κ1) is 63.4. The first-order chi connectivity index (χ1) is 32.5. The van der Waals surface area contributed by atoms with Gasteiger partial charge in [0.1, 0.15) is 13.2 Å². The minimum absolute atomic E-state index is 0.0795. The lowest BCUT2D eigenvalue weighted by molar-refractivity contribution is -0.167. The van der Waals surface area contributed by atoms with E-state index < -0.39 is 6.10 Å². The Morgan fingerprint density at radius 3 is 0.924 bits per heavy atom. The first-order valence-corrected chi connectivity index (χ1v) is 28.6. The van der Waals surface area contributed by atoms with E-state index in [1.807, 2.05) is 0 Å². The van der Waals surface area contributed by atoms with Gasteiger partial charge in [0, 0.05) is 19.3 Å². The van der Waals surface area contributed by atoms with Crippen LogP contribution in [0.4, 0.5) is 0 Å². The number of ether oxygens (including phenoxy) is 3. The van der Waals surface area contributed by atoms with Gasteiger partial charge in [-0.15, -0.1) is 0 Å². The molecule has 0 spiro atoms. The lowest BCUT2D eigenvalue weighted by Crippen LogP contribution is -2.30. The summed E-state index contributed by atoms with van der Waals surface area (Å²) in [5, 5.41) is 0. The highest BCUT2D eigenvalue weighted by atomic mass is 16.6. The average molecular weight is 926 g/mol. The van der Waals surface area contributed by atoms with Crippen LogP contribution < -0.4 is 0 Å². The smallest absolute Gasteiger partial charge is 0.306 e. The molecule has 0 aliphatic rings. The second-order valence-corrected chi connectivity index (χ2v) is 19.2. The first-order valence-electron chi connectivity index (χ1n) is 28.6. The fraction of sp³-hybridized carbons (Fsp3) is 0.817. The molecule has 0 saturated carbocycles. The third kappa shape index (κ3) is 52.3. The van der Waals surface area contributed by atoms with Crippen LogP contribution in [-0.4, -0.2) is 37.2 Å². The van der Waals surface area contributed by atoms with Gasteiger partial charge in [0.2, 0.25) is 0 Å². The molecule has 0 amide bonds. The van der Waals surface area contributed by atoms with Crippen LogP contribution >= 0.6 is 0 Å². The molecule has 0 aromatic rings. The highest BCUT2D eigenvalue weighted by Crippen LogP contribution is 2.17. The van der Waals surface area contributed by atoms with Gasteiger partial charge in [0.15, 0.2) is 6.10 Å². The van der Waals surface area contributed by atoms with Crippen molar-refractivity contribution in [2.75, 3.05) is 13.2 Å². The van der Waals surface area contributed by atoms with E-state index in [4.69, 9.17) is 14.2 Å². The topological polar surface area (TPSA) is 78.9 Å². The van der Waals surface area contributed by atoms with Crippen molar-refractivity contribution in [3.8, 4) is 0 Å². The zero-order valence-corrected chi connectivity index (χ0v) is 44.0. The summed E-state index contributed by atoms with van der Waals surface area (Å²) in [6, 6.07) is 0. The Bertz CT molecular complexity index is 1150.